The number of halogens is 1. The molecule has 25 heavy (non-hydrogen) atoms. The molecule has 0 unspecified atom stereocenters. The van der Waals surface area contributed by atoms with Crippen LogP contribution in [0, 0.1) is 16.7 Å². The fourth-order valence-corrected chi connectivity index (χ4v) is 2.62. The molecule has 0 fully saturated rings. The summed E-state index contributed by atoms with van der Waals surface area (Å²) in [6, 6.07) is 9.87. The smallest absolute Gasteiger partial charge is 0.234 e. The van der Waals surface area contributed by atoms with Crippen molar-refractivity contribution in [2.75, 3.05) is 18.7 Å². The zero-order valence-electron chi connectivity index (χ0n) is 14.9. The quantitative estimate of drug-likeness (QED) is 0.741. The summed E-state index contributed by atoms with van der Waals surface area (Å²) in [5, 5.41) is 11.0. The highest BCUT2D eigenvalue weighted by Crippen LogP contribution is 2.25. The monoisotopic (exact) mass is 403 g/mol. The van der Waals surface area contributed by atoms with Gasteiger partial charge in [0.1, 0.15) is 11.8 Å². The highest BCUT2D eigenvalue weighted by molar-refractivity contribution is 9.10. The van der Waals surface area contributed by atoms with E-state index in [9.17, 15) is 0 Å². The van der Waals surface area contributed by atoms with Gasteiger partial charge in [-0.2, -0.15) is 10.2 Å². The minimum atomic E-state index is 0.0318. The number of methoxy groups -OCH3 is 1. The maximum Gasteiger partial charge on any atom is 0.234 e. The van der Waals surface area contributed by atoms with Crippen LogP contribution >= 0.6 is 15.9 Å². The lowest BCUT2D eigenvalue weighted by Gasteiger charge is -2.31. The fourth-order valence-electron chi connectivity index (χ4n) is 2.21. The van der Waals surface area contributed by atoms with Crippen molar-refractivity contribution in [3.05, 3.63) is 46.3 Å². The van der Waals surface area contributed by atoms with Gasteiger partial charge in [-0.1, -0.05) is 32.9 Å². The molecule has 0 aliphatic heterocycles. The Balaban J connectivity index is 2.22. The van der Waals surface area contributed by atoms with Gasteiger partial charge in [-0.15, -0.1) is 0 Å². The van der Waals surface area contributed by atoms with Crippen LogP contribution in [0.25, 0.3) is 0 Å². The second-order valence-corrected chi connectivity index (χ2v) is 7.66. The van der Waals surface area contributed by atoms with Crippen LogP contribution in [0.4, 0.5) is 5.82 Å². The van der Waals surface area contributed by atoms with Gasteiger partial charge in [0.2, 0.25) is 5.82 Å². The number of rotatable bonds is 6. The molecule has 6 nitrogen and oxygen atoms in total. The van der Waals surface area contributed by atoms with Crippen LogP contribution in [0.5, 0.6) is 5.75 Å². The fraction of sp³-hybridized carbons (Fsp3) is 0.389. The lowest BCUT2D eigenvalue weighted by Crippen LogP contribution is -2.43. The summed E-state index contributed by atoms with van der Waals surface area (Å²) >= 11 is 3.48. The number of nitrogens with one attached hydrogen (secondary N) is 1. The van der Waals surface area contributed by atoms with Crippen LogP contribution in [-0.2, 0) is 6.54 Å². The van der Waals surface area contributed by atoms with Crippen molar-refractivity contribution in [3.8, 4) is 11.8 Å². The van der Waals surface area contributed by atoms with Crippen LogP contribution < -0.4 is 15.2 Å². The summed E-state index contributed by atoms with van der Waals surface area (Å²) in [6.45, 7) is 7.78. The molecule has 0 amide bonds. The summed E-state index contributed by atoms with van der Waals surface area (Å²) in [4.78, 5) is 8.33. The minimum absolute atomic E-state index is 0.0318. The van der Waals surface area contributed by atoms with E-state index in [1.807, 2.05) is 35.3 Å². The topological polar surface area (TPSA) is 74.1 Å². The summed E-state index contributed by atoms with van der Waals surface area (Å²) in [7, 11) is 1.65. The standard InChI is InChI=1S/C18H22BrN5O/c1-18(2,3)12-24(17-15(19)11-21-16(9-20)23-17)22-10-13-5-7-14(25-4)8-6-13/h5-8,11,22H,10,12H2,1-4H3. The number of benzene rings is 1. The number of anilines is 1. The molecule has 1 aromatic heterocycles. The van der Waals surface area contributed by atoms with E-state index in [1.165, 1.54) is 0 Å². The van der Waals surface area contributed by atoms with Crippen molar-refractivity contribution in [1.82, 2.24) is 15.4 Å². The Labute approximate surface area is 157 Å². The predicted molar refractivity (Wildman–Crippen MR) is 101 cm³/mol. The lowest BCUT2D eigenvalue weighted by atomic mass is 9.97. The molecule has 0 aliphatic rings. The van der Waals surface area contributed by atoms with Crippen molar-refractivity contribution in [1.29, 1.82) is 5.26 Å². The largest absolute Gasteiger partial charge is 0.497 e. The van der Waals surface area contributed by atoms with Crippen molar-refractivity contribution in [2.45, 2.75) is 27.3 Å². The molecular weight excluding hydrogens is 382 g/mol. The Bertz CT molecular complexity index is 750. The Hall–Kier alpha value is -2.17. The molecule has 1 N–H and O–H groups in total. The average Bonchev–Trinajstić information content (AvgIpc) is 2.58. The molecule has 1 heterocycles. The van der Waals surface area contributed by atoms with Crippen LogP contribution in [0.15, 0.2) is 34.9 Å². The van der Waals surface area contributed by atoms with Gasteiger partial charge >= 0.3 is 0 Å². The average molecular weight is 404 g/mol. The van der Waals surface area contributed by atoms with E-state index in [4.69, 9.17) is 10.00 Å². The Morgan fingerprint density at radius 3 is 2.52 bits per heavy atom. The minimum Gasteiger partial charge on any atom is -0.497 e. The van der Waals surface area contributed by atoms with Gasteiger partial charge < -0.3 is 4.74 Å². The molecule has 2 rings (SSSR count). The molecule has 0 atom stereocenters. The van der Waals surface area contributed by atoms with E-state index >= 15 is 0 Å². The number of hydrogen-bond acceptors (Lipinski definition) is 6. The Morgan fingerprint density at radius 1 is 1.28 bits per heavy atom. The molecule has 1 aromatic carbocycles. The first kappa shape index (κ1) is 19.2. The van der Waals surface area contributed by atoms with Gasteiger partial charge in [-0.25, -0.2) is 10.4 Å². The number of nitrogens with zero attached hydrogens (tertiary/aromatic N) is 4. The summed E-state index contributed by atoms with van der Waals surface area (Å²) in [6.07, 6.45) is 1.60. The number of ether oxygens (including phenoxy) is 1. The van der Waals surface area contributed by atoms with E-state index in [1.54, 1.807) is 13.3 Å². The predicted octanol–water partition coefficient (Wildman–Crippen LogP) is 3.68. The lowest BCUT2D eigenvalue weighted by molar-refractivity contribution is 0.386. The number of hydrazine groups is 1. The van der Waals surface area contributed by atoms with Crippen molar-refractivity contribution in [3.63, 3.8) is 0 Å². The maximum absolute atomic E-state index is 9.08. The first-order valence-electron chi connectivity index (χ1n) is 7.89. The number of hydrogen-bond donors (Lipinski definition) is 1. The van der Waals surface area contributed by atoms with E-state index in [0.29, 0.717) is 18.9 Å². The molecule has 0 aliphatic carbocycles. The van der Waals surface area contributed by atoms with Gasteiger partial charge in [0, 0.05) is 19.3 Å². The van der Waals surface area contributed by atoms with Gasteiger partial charge in [0.25, 0.3) is 0 Å². The van der Waals surface area contributed by atoms with Crippen LogP contribution in [0.1, 0.15) is 32.2 Å². The van der Waals surface area contributed by atoms with Crippen molar-refractivity contribution < 1.29 is 4.74 Å². The first-order chi connectivity index (χ1) is 11.8. The van der Waals surface area contributed by atoms with E-state index in [0.717, 1.165) is 15.8 Å². The second-order valence-electron chi connectivity index (χ2n) is 6.81. The third-order valence-electron chi connectivity index (χ3n) is 3.35. The van der Waals surface area contributed by atoms with E-state index < -0.39 is 0 Å². The molecule has 2 aromatic rings. The van der Waals surface area contributed by atoms with Crippen LogP contribution in [0.2, 0.25) is 0 Å². The number of nitriles is 1. The second kappa shape index (κ2) is 8.28. The molecule has 132 valence electrons. The highest BCUT2D eigenvalue weighted by atomic mass is 79.9. The van der Waals surface area contributed by atoms with Gasteiger partial charge in [0.15, 0.2) is 5.82 Å². The Kier molecular flexibility index (Phi) is 6.34. The summed E-state index contributed by atoms with van der Waals surface area (Å²) in [5.74, 6) is 1.62. The Morgan fingerprint density at radius 2 is 1.96 bits per heavy atom. The molecule has 0 spiro atoms. The molecule has 7 heteroatoms. The van der Waals surface area contributed by atoms with Gasteiger partial charge in [-0.3, -0.25) is 5.01 Å². The summed E-state index contributed by atoms with van der Waals surface area (Å²) < 4.78 is 5.92. The highest BCUT2D eigenvalue weighted by Gasteiger charge is 2.20. The third kappa shape index (κ3) is 5.69. The normalized spacial score (nSPS) is 11.0. The molecular formula is C18H22BrN5O. The zero-order valence-corrected chi connectivity index (χ0v) is 16.5. The maximum atomic E-state index is 9.08. The molecule has 0 bridgehead atoms. The SMILES string of the molecule is COc1ccc(CNN(CC(C)(C)C)c2nc(C#N)ncc2Br)cc1. The van der Waals surface area contributed by atoms with E-state index in [-0.39, 0.29) is 11.2 Å². The molecule has 0 saturated heterocycles. The number of aromatic nitrogens is 2. The van der Waals surface area contributed by atoms with Crippen molar-refractivity contribution in [2.24, 2.45) is 5.41 Å². The molecule has 0 saturated carbocycles. The summed E-state index contributed by atoms with van der Waals surface area (Å²) in [5.41, 5.74) is 4.55. The molecule has 0 radical (unpaired) electrons. The van der Waals surface area contributed by atoms with E-state index in [2.05, 4.69) is 52.1 Å². The third-order valence-corrected chi connectivity index (χ3v) is 3.91. The van der Waals surface area contributed by atoms with Gasteiger partial charge in [0.05, 0.1) is 11.6 Å². The van der Waals surface area contributed by atoms with Gasteiger partial charge in [-0.05, 0) is 39.0 Å². The first-order valence-corrected chi connectivity index (χ1v) is 8.68. The van der Waals surface area contributed by atoms with Crippen LogP contribution in [0.3, 0.4) is 0 Å². The van der Waals surface area contributed by atoms with Crippen molar-refractivity contribution >= 4 is 21.7 Å². The zero-order chi connectivity index (χ0) is 18.4. The van der Waals surface area contributed by atoms with Crippen LogP contribution in [-0.4, -0.2) is 23.6 Å².